The largest absolute Gasteiger partial charge is 0.393 e. The van der Waals surface area contributed by atoms with Crippen LogP contribution in [0.2, 0.25) is 0 Å². The summed E-state index contributed by atoms with van der Waals surface area (Å²) in [5, 5.41) is 19.0. The second-order valence-corrected chi connectivity index (χ2v) is 4.26. The molecule has 7 nitrogen and oxygen atoms in total. The fraction of sp³-hybridized carbons (Fsp3) is 0.455. The average molecular weight is 271 g/mol. The highest BCUT2D eigenvalue weighted by Crippen LogP contribution is 2.38. The average Bonchev–Trinajstić information content (AvgIpc) is 2.64. The smallest absolute Gasteiger partial charge is 0.351 e. The predicted octanol–water partition coefficient (Wildman–Crippen LogP) is -1.03. The first-order valence-electron chi connectivity index (χ1n) is 5.54. The van der Waals surface area contributed by atoms with Gasteiger partial charge in [-0.05, 0) is 6.07 Å². The first-order valence-corrected chi connectivity index (χ1v) is 5.54. The summed E-state index contributed by atoms with van der Waals surface area (Å²) in [6.45, 7) is 2.74. The van der Waals surface area contributed by atoms with Gasteiger partial charge in [0.05, 0.1) is 6.61 Å². The summed E-state index contributed by atoms with van der Waals surface area (Å²) in [6, 6.07) is 1.30. The molecule has 0 amide bonds. The van der Waals surface area contributed by atoms with Crippen LogP contribution in [0.25, 0.3) is 0 Å². The van der Waals surface area contributed by atoms with Crippen LogP contribution in [0.4, 0.5) is 10.2 Å². The molecule has 8 heteroatoms. The number of rotatable bonds is 3. The Morgan fingerprint density at radius 3 is 2.89 bits per heavy atom. The molecule has 4 atom stereocenters. The predicted molar refractivity (Wildman–Crippen MR) is 63.9 cm³/mol. The lowest BCUT2D eigenvalue weighted by Gasteiger charge is -2.25. The summed E-state index contributed by atoms with van der Waals surface area (Å²) in [5.74, 6) is -0.00709. The van der Waals surface area contributed by atoms with E-state index in [9.17, 15) is 19.4 Å². The molecule has 104 valence electrons. The van der Waals surface area contributed by atoms with Crippen molar-refractivity contribution in [2.75, 3.05) is 12.3 Å². The van der Waals surface area contributed by atoms with E-state index in [4.69, 9.17) is 10.5 Å². The zero-order valence-electron chi connectivity index (χ0n) is 9.94. The summed E-state index contributed by atoms with van der Waals surface area (Å²) in [6.07, 6.45) is -2.62. The van der Waals surface area contributed by atoms with Crippen molar-refractivity contribution >= 4 is 5.82 Å². The number of aromatic nitrogens is 2. The lowest BCUT2D eigenvalue weighted by Crippen LogP contribution is -2.43. The third-order valence-corrected chi connectivity index (χ3v) is 3.13. The third kappa shape index (κ3) is 2.03. The quantitative estimate of drug-likeness (QED) is 0.606. The minimum Gasteiger partial charge on any atom is -0.393 e. The summed E-state index contributed by atoms with van der Waals surface area (Å²) in [4.78, 5) is 15.1. The molecule has 1 aromatic heterocycles. The van der Waals surface area contributed by atoms with Gasteiger partial charge in [-0.3, -0.25) is 4.57 Å². The van der Waals surface area contributed by atoms with Crippen LogP contribution in [0.3, 0.4) is 0 Å². The number of halogens is 1. The Labute approximate surface area is 107 Å². The first kappa shape index (κ1) is 13.7. The van der Waals surface area contributed by atoms with E-state index < -0.39 is 36.4 Å². The van der Waals surface area contributed by atoms with Crippen LogP contribution in [-0.4, -0.2) is 44.2 Å². The van der Waals surface area contributed by atoms with Gasteiger partial charge in [-0.2, -0.15) is 4.98 Å². The standard InChI is InChI=1S/C11H14FN3O4/c1-2-11(5-16)8(17)7(12)9(19-11)15-4-3-6(13)14-10(15)18/h2-4,7-9,16-17H,1,5H2,(H2,13,14,18)/t7-,8+,9-,11-/m1/s1. The van der Waals surface area contributed by atoms with E-state index in [-0.39, 0.29) is 5.82 Å². The van der Waals surface area contributed by atoms with E-state index >= 15 is 0 Å². The number of nitrogen functional groups attached to an aromatic ring is 1. The second kappa shape index (κ2) is 4.72. The molecule has 19 heavy (non-hydrogen) atoms. The highest BCUT2D eigenvalue weighted by molar-refractivity contribution is 5.24. The Morgan fingerprint density at radius 2 is 2.42 bits per heavy atom. The molecule has 0 unspecified atom stereocenters. The maximum absolute atomic E-state index is 14.1. The van der Waals surface area contributed by atoms with E-state index in [0.29, 0.717) is 0 Å². The molecule has 0 aliphatic carbocycles. The van der Waals surface area contributed by atoms with Gasteiger partial charge in [0, 0.05) is 6.20 Å². The maximum Gasteiger partial charge on any atom is 0.351 e. The highest BCUT2D eigenvalue weighted by atomic mass is 19.1. The Hall–Kier alpha value is -1.77. The van der Waals surface area contributed by atoms with Gasteiger partial charge in [-0.15, -0.1) is 6.58 Å². The van der Waals surface area contributed by atoms with Crippen molar-refractivity contribution in [1.29, 1.82) is 0 Å². The van der Waals surface area contributed by atoms with Crippen molar-refractivity contribution in [2.24, 2.45) is 0 Å². The SMILES string of the molecule is C=C[C@]1(CO)O[C@@H](n2ccc(N)nc2=O)[C@H](F)[C@@H]1O. The molecule has 0 radical (unpaired) electrons. The van der Waals surface area contributed by atoms with Crippen molar-refractivity contribution in [3.63, 3.8) is 0 Å². The molecule has 1 saturated heterocycles. The van der Waals surface area contributed by atoms with Crippen LogP contribution in [-0.2, 0) is 4.74 Å². The maximum atomic E-state index is 14.1. The van der Waals surface area contributed by atoms with E-state index in [2.05, 4.69) is 11.6 Å². The number of hydrogen-bond donors (Lipinski definition) is 3. The van der Waals surface area contributed by atoms with Crippen LogP contribution in [0.1, 0.15) is 6.23 Å². The summed E-state index contributed by atoms with van der Waals surface area (Å²) < 4.78 is 20.2. The van der Waals surface area contributed by atoms with Gasteiger partial charge >= 0.3 is 5.69 Å². The topological polar surface area (TPSA) is 111 Å². The van der Waals surface area contributed by atoms with E-state index in [0.717, 1.165) is 10.6 Å². The van der Waals surface area contributed by atoms with Crippen LogP contribution < -0.4 is 11.4 Å². The van der Waals surface area contributed by atoms with Crippen molar-refractivity contribution in [2.45, 2.75) is 24.1 Å². The number of nitrogens with zero attached hydrogens (tertiary/aromatic N) is 2. The number of hydrogen-bond acceptors (Lipinski definition) is 6. The number of nitrogens with two attached hydrogens (primary N) is 1. The third-order valence-electron chi connectivity index (χ3n) is 3.13. The monoisotopic (exact) mass is 271 g/mol. The number of alkyl halides is 1. The Bertz CT molecular complexity index is 549. The lowest BCUT2D eigenvalue weighted by molar-refractivity contribution is -0.0982. The molecule has 2 rings (SSSR count). The lowest BCUT2D eigenvalue weighted by atomic mass is 9.97. The van der Waals surface area contributed by atoms with Crippen LogP contribution in [0.5, 0.6) is 0 Å². The molecule has 0 bridgehead atoms. The molecular weight excluding hydrogens is 257 g/mol. The van der Waals surface area contributed by atoms with Gasteiger partial charge in [-0.1, -0.05) is 6.08 Å². The Balaban J connectivity index is 2.42. The zero-order valence-corrected chi connectivity index (χ0v) is 9.94. The fourth-order valence-corrected chi connectivity index (χ4v) is 1.98. The molecule has 1 fully saturated rings. The Morgan fingerprint density at radius 1 is 1.74 bits per heavy atom. The summed E-state index contributed by atoms with van der Waals surface area (Å²) >= 11 is 0. The van der Waals surface area contributed by atoms with E-state index in [1.165, 1.54) is 12.3 Å². The number of aliphatic hydroxyl groups excluding tert-OH is 2. The molecule has 0 spiro atoms. The van der Waals surface area contributed by atoms with Crippen molar-refractivity contribution < 1.29 is 19.3 Å². The molecule has 1 aliphatic rings. The van der Waals surface area contributed by atoms with E-state index in [1.807, 2.05) is 0 Å². The minimum atomic E-state index is -1.91. The first-order chi connectivity index (χ1) is 8.95. The molecule has 4 N–H and O–H groups in total. The Kier molecular flexibility index (Phi) is 3.40. The normalized spacial score (nSPS) is 34.4. The second-order valence-electron chi connectivity index (χ2n) is 4.26. The van der Waals surface area contributed by atoms with Gasteiger partial charge in [0.25, 0.3) is 0 Å². The molecular formula is C11H14FN3O4. The molecule has 1 aromatic rings. The number of ether oxygens (including phenoxy) is 1. The van der Waals surface area contributed by atoms with Gasteiger partial charge < -0.3 is 20.7 Å². The summed E-state index contributed by atoms with van der Waals surface area (Å²) in [5.41, 5.74) is 2.87. The minimum absolute atomic E-state index is 0.00709. The molecule has 2 heterocycles. The fourth-order valence-electron chi connectivity index (χ4n) is 1.98. The molecule has 0 aromatic carbocycles. The number of aliphatic hydroxyl groups is 2. The van der Waals surface area contributed by atoms with Gasteiger partial charge in [0.2, 0.25) is 0 Å². The zero-order chi connectivity index (χ0) is 14.2. The van der Waals surface area contributed by atoms with Crippen LogP contribution >= 0.6 is 0 Å². The van der Waals surface area contributed by atoms with Crippen LogP contribution in [0, 0.1) is 0 Å². The molecule has 1 aliphatic heterocycles. The van der Waals surface area contributed by atoms with Gasteiger partial charge in [0.1, 0.15) is 17.5 Å². The van der Waals surface area contributed by atoms with Gasteiger partial charge in [0.15, 0.2) is 12.4 Å². The van der Waals surface area contributed by atoms with Crippen LogP contribution in [0.15, 0.2) is 29.7 Å². The van der Waals surface area contributed by atoms with Crippen molar-refractivity contribution in [1.82, 2.24) is 9.55 Å². The number of anilines is 1. The van der Waals surface area contributed by atoms with E-state index in [1.54, 1.807) is 0 Å². The highest BCUT2D eigenvalue weighted by Gasteiger charge is 2.54. The van der Waals surface area contributed by atoms with Crippen molar-refractivity contribution in [3.8, 4) is 0 Å². The summed E-state index contributed by atoms with van der Waals surface area (Å²) in [7, 11) is 0. The molecule has 0 saturated carbocycles. The van der Waals surface area contributed by atoms with Crippen molar-refractivity contribution in [3.05, 3.63) is 35.4 Å². The van der Waals surface area contributed by atoms with Gasteiger partial charge in [-0.25, -0.2) is 9.18 Å².